The van der Waals surface area contributed by atoms with Gasteiger partial charge in [0.1, 0.15) is 10.7 Å². The van der Waals surface area contributed by atoms with Crippen molar-refractivity contribution in [2.24, 2.45) is 0 Å². The van der Waals surface area contributed by atoms with Gasteiger partial charge in [-0.25, -0.2) is 4.98 Å². The van der Waals surface area contributed by atoms with Crippen LogP contribution in [0.5, 0.6) is 0 Å². The smallest absolute Gasteiger partial charge is 0.267 e. The number of hydrogen-bond donors (Lipinski definition) is 1. The normalized spacial score (nSPS) is 10.4. The molecule has 1 amide bonds. The number of aromatic nitrogens is 1. The SMILES string of the molecule is COCCN(C)C(=O)c1sc(N(C)C)nc1N. The van der Waals surface area contributed by atoms with Crippen LogP contribution in [0.4, 0.5) is 10.9 Å². The zero-order valence-corrected chi connectivity index (χ0v) is 11.4. The van der Waals surface area contributed by atoms with Gasteiger partial charge in [-0.15, -0.1) is 0 Å². The highest BCUT2D eigenvalue weighted by atomic mass is 32.1. The molecule has 0 bridgehead atoms. The molecule has 2 N–H and O–H groups in total. The Morgan fingerprint density at radius 2 is 2.12 bits per heavy atom. The van der Waals surface area contributed by atoms with Gasteiger partial charge in [0.05, 0.1) is 6.61 Å². The highest BCUT2D eigenvalue weighted by Gasteiger charge is 2.20. The van der Waals surface area contributed by atoms with Crippen molar-refractivity contribution in [2.75, 3.05) is 52.0 Å². The van der Waals surface area contributed by atoms with Crippen LogP contribution >= 0.6 is 11.3 Å². The number of likely N-dealkylation sites (N-methyl/N-ethyl adjacent to an activating group) is 1. The Balaban J connectivity index is 2.81. The Bertz CT molecular complexity index is 392. The molecule has 0 atom stereocenters. The average Bonchev–Trinajstić information content (AvgIpc) is 2.67. The summed E-state index contributed by atoms with van der Waals surface area (Å²) >= 11 is 1.30. The number of carbonyl (C=O) groups is 1. The molecule has 7 heteroatoms. The predicted molar refractivity (Wildman–Crippen MR) is 69.7 cm³/mol. The number of ether oxygens (including phenoxy) is 1. The van der Waals surface area contributed by atoms with Crippen LogP contribution < -0.4 is 10.6 Å². The second-order valence-electron chi connectivity index (χ2n) is 3.82. The molecule has 0 aliphatic carbocycles. The summed E-state index contributed by atoms with van der Waals surface area (Å²) in [5, 5.41) is 0.728. The first-order chi connectivity index (χ1) is 7.97. The highest BCUT2D eigenvalue weighted by molar-refractivity contribution is 7.18. The molecule has 96 valence electrons. The van der Waals surface area contributed by atoms with Gasteiger partial charge in [0.2, 0.25) is 0 Å². The van der Waals surface area contributed by atoms with Crippen molar-refractivity contribution in [3.63, 3.8) is 0 Å². The lowest BCUT2D eigenvalue weighted by Gasteiger charge is -2.15. The second kappa shape index (κ2) is 5.83. The zero-order valence-electron chi connectivity index (χ0n) is 10.6. The molecule has 6 nitrogen and oxygen atoms in total. The number of hydrogen-bond acceptors (Lipinski definition) is 6. The first-order valence-electron chi connectivity index (χ1n) is 5.15. The Morgan fingerprint density at radius 1 is 1.47 bits per heavy atom. The Hall–Kier alpha value is -1.34. The third-order valence-electron chi connectivity index (χ3n) is 2.20. The number of anilines is 2. The molecule has 1 aromatic rings. The number of nitrogen functional groups attached to an aromatic ring is 1. The largest absolute Gasteiger partial charge is 0.383 e. The van der Waals surface area contributed by atoms with Crippen LogP contribution in [0.1, 0.15) is 9.67 Å². The van der Waals surface area contributed by atoms with Gasteiger partial charge in [-0.1, -0.05) is 11.3 Å². The van der Waals surface area contributed by atoms with E-state index in [1.807, 2.05) is 19.0 Å². The Labute approximate surface area is 105 Å². The van der Waals surface area contributed by atoms with Crippen molar-refractivity contribution in [3.05, 3.63) is 4.88 Å². The topological polar surface area (TPSA) is 71.7 Å². The predicted octanol–water partition coefficient (Wildman–Crippen LogP) is 0.510. The Morgan fingerprint density at radius 3 is 2.59 bits per heavy atom. The fraction of sp³-hybridized carbons (Fsp3) is 0.600. The van der Waals surface area contributed by atoms with Crippen LogP contribution in [0.3, 0.4) is 0 Å². The quantitative estimate of drug-likeness (QED) is 0.833. The molecule has 0 fully saturated rings. The van der Waals surface area contributed by atoms with Crippen molar-refractivity contribution in [3.8, 4) is 0 Å². The van der Waals surface area contributed by atoms with Crippen LogP contribution in [0, 0.1) is 0 Å². The molecule has 17 heavy (non-hydrogen) atoms. The third kappa shape index (κ3) is 3.31. The van der Waals surface area contributed by atoms with E-state index in [1.165, 1.54) is 11.3 Å². The minimum atomic E-state index is -0.120. The fourth-order valence-corrected chi connectivity index (χ4v) is 2.07. The minimum Gasteiger partial charge on any atom is -0.383 e. The van der Waals surface area contributed by atoms with Crippen LogP contribution in [0.25, 0.3) is 0 Å². The van der Waals surface area contributed by atoms with Gasteiger partial charge in [0.15, 0.2) is 5.13 Å². The number of nitrogens with two attached hydrogens (primary N) is 1. The van der Waals surface area contributed by atoms with Gasteiger partial charge in [0, 0.05) is 34.8 Å². The zero-order chi connectivity index (χ0) is 13.0. The molecular weight excluding hydrogens is 240 g/mol. The molecule has 0 aliphatic heterocycles. The molecule has 0 saturated carbocycles. The van der Waals surface area contributed by atoms with Crippen molar-refractivity contribution < 1.29 is 9.53 Å². The summed E-state index contributed by atoms with van der Waals surface area (Å²) in [7, 11) is 7.04. The standard InChI is InChI=1S/C10H18N4O2S/c1-13(2)10-12-8(11)7(17-10)9(15)14(3)5-6-16-4/h5-6,11H2,1-4H3. The van der Waals surface area contributed by atoms with Crippen LogP contribution in [-0.2, 0) is 4.74 Å². The van der Waals surface area contributed by atoms with E-state index in [4.69, 9.17) is 10.5 Å². The van der Waals surface area contributed by atoms with Gasteiger partial charge in [-0.2, -0.15) is 0 Å². The number of rotatable bonds is 5. The van der Waals surface area contributed by atoms with Gasteiger partial charge < -0.3 is 20.3 Å². The number of methoxy groups -OCH3 is 1. The molecule has 1 heterocycles. The summed E-state index contributed by atoms with van der Waals surface area (Å²) in [5.74, 6) is 0.165. The molecule has 0 aliphatic rings. The van der Waals surface area contributed by atoms with E-state index in [9.17, 15) is 4.79 Å². The summed E-state index contributed by atoms with van der Waals surface area (Å²) in [4.78, 5) is 20.1. The van der Waals surface area contributed by atoms with Gasteiger partial charge in [0.25, 0.3) is 5.91 Å². The summed E-state index contributed by atoms with van der Waals surface area (Å²) in [6.07, 6.45) is 0. The molecular formula is C10H18N4O2S. The summed E-state index contributed by atoms with van der Waals surface area (Å²) in [5.41, 5.74) is 5.74. The molecule has 0 unspecified atom stereocenters. The van der Waals surface area contributed by atoms with E-state index >= 15 is 0 Å². The molecule has 1 aromatic heterocycles. The molecule has 0 spiro atoms. The monoisotopic (exact) mass is 258 g/mol. The van der Waals surface area contributed by atoms with Gasteiger partial charge >= 0.3 is 0 Å². The van der Waals surface area contributed by atoms with E-state index in [0.29, 0.717) is 18.0 Å². The van der Waals surface area contributed by atoms with E-state index < -0.39 is 0 Å². The van der Waals surface area contributed by atoms with E-state index in [-0.39, 0.29) is 11.7 Å². The van der Waals surface area contributed by atoms with E-state index in [0.717, 1.165) is 5.13 Å². The molecule has 1 rings (SSSR count). The van der Waals surface area contributed by atoms with Crippen molar-refractivity contribution in [2.45, 2.75) is 0 Å². The lowest BCUT2D eigenvalue weighted by molar-refractivity contribution is 0.0749. The maximum Gasteiger partial charge on any atom is 0.267 e. The maximum atomic E-state index is 12.0. The summed E-state index contributed by atoms with van der Waals surface area (Å²) in [6, 6.07) is 0. The number of thiazole rings is 1. The van der Waals surface area contributed by atoms with Gasteiger partial charge in [-0.3, -0.25) is 4.79 Å². The first-order valence-corrected chi connectivity index (χ1v) is 5.97. The summed E-state index contributed by atoms with van der Waals surface area (Å²) < 4.78 is 4.93. The fourth-order valence-electron chi connectivity index (χ4n) is 1.17. The van der Waals surface area contributed by atoms with Crippen LogP contribution in [0.15, 0.2) is 0 Å². The van der Waals surface area contributed by atoms with Gasteiger partial charge in [-0.05, 0) is 0 Å². The molecule has 0 aromatic carbocycles. The van der Waals surface area contributed by atoms with Crippen molar-refractivity contribution in [1.82, 2.24) is 9.88 Å². The van der Waals surface area contributed by atoms with E-state index in [1.54, 1.807) is 19.1 Å². The Kier molecular flexibility index (Phi) is 4.71. The molecule has 0 saturated heterocycles. The van der Waals surface area contributed by atoms with Crippen molar-refractivity contribution in [1.29, 1.82) is 0 Å². The first kappa shape index (κ1) is 13.7. The third-order valence-corrected chi connectivity index (χ3v) is 3.42. The minimum absolute atomic E-state index is 0.120. The van der Waals surface area contributed by atoms with Crippen LogP contribution in [0.2, 0.25) is 0 Å². The highest BCUT2D eigenvalue weighted by Crippen LogP contribution is 2.27. The lowest BCUT2D eigenvalue weighted by Crippen LogP contribution is -2.29. The number of nitrogens with zero attached hydrogens (tertiary/aromatic N) is 3. The second-order valence-corrected chi connectivity index (χ2v) is 4.80. The number of carbonyl (C=O) groups excluding carboxylic acids is 1. The average molecular weight is 258 g/mol. The summed E-state index contributed by atoms with van der Waals surface area (Å²) in [6.45, 7) is 1.03. The van der Waals surface area contributed by atoms with Crippen molar-refractivity contribution >= 4 is 28.2 Å². The van der Waals surface area contributed by atoms with E-state index in [2.05, 4.69) is 4.98 Å². The maximum absolute atomic E-state index is 12.0. The molecule has 0 radical (unpaired) electrons. The number of amides is 1. The van der Waals surface area contributed by atoms with Crippen LogP contribution in [-0.4, -0.2) is 57.2 Å². The lowest BCUT2D eigenvalue weighted by atomic mass is 10.4.